The Bertz CT molecular complexity index is 865. The van der Waals surface area contributed by atoms with Crippen LogP contribution in [0.25, 0.3) is 10.9 Å². The average molecular weight is 416 g/mol. The molecular weight excluding hydrogens is 382 g/mol. The Morgan fingerprint density at radius 1 is 1.33 bits per heavy atom. The van der Waals surface area contributed by atoms with Crippen molar-refractivity contribution in [2.24, 2.45) is 0 Å². The molecule has 1 aromatic heterocycles. The summed E-state index contributed by atoms with van der Waals surface area (Å²) in [7, 11) is 0. The fraction of sp³-hybridized carbons (Fsp3) is 0.565. The molecule has 1 aromatic carbocycles. The van der Waals surface area contributed by atoms with Crippen LogP contribution in [0.4, 0.5) is 4.79 Å². The number of benzene rings is 1. The number of carbonyl (C=O) groups excluding carboxylic acids is 2. The van der Waals surface area contributed by atoms with Crippen LogP contribution in [0, 0.1) is 0 Å². The molecule has 7 heteroatoms. The molecule has 2 atom stereocenters. The van der Waals surface area contributed by atoms with Crippen LogP contribution in [0.1, 0.15) is 46.1 Å². The number of H-pyrrole nitrogens is 1. The first-order valence-electron chi connectivity index (χ1n) is 10.7. The van der Waals surface area contributed by atoms with Crippen molar-refractivity contribution in [3.63, 3.8) is 0 Å². The van der Waals surface area contributed by atoms with Crippen molar-refractivity contribution < 1.29 is 19.1 Å². The second-order valence-corrected chi connectivity index (χ2v) is 8.94. The van der Waals surface area contributed by atoms with Crippen LogP contribution in [-0.2, 0) is 20.7 Å². The molecule has 0 spiro atoms. The predicted molar refractivity (Wildman–Crippen MR) is 116 cm³/mol. The van der Waals surface area contributed by atoms with Crippen LogP contribution in [0.5, 0.6) is 0 Å². The molecule has 2 N–H and O–H groups in total. The molecule has 1 saturated heterocycles. The van der Waals surface area contributed by atoms with Crippen molar-refractivity contribution in [1.82, 2.24) is 15.2 Å². The van der Waals surface area contributed by atoms with Crippen molar-refractivity contribution in [2.75, 3.05) is 19.7 Å². The highest BCUT2D eigenvalue weighted by Gasteiger charge is 2.29. The SMILES string of the molecule is C[C@H](CN(CCc1c[nH]c2ccccc12)C(=O)[C@H]1CCCO1)NC(=O)OC(C)(C)C. The van der Waals surface area contributed by atoms with Crippen molar-refractivity contribution in [1.29, 1.82) is 0 Å². The molecule has 0 radical (unpaired) electrons. The number of rotatable bonds is 7. The monoisotopic (exact) mass is 415 g/mol. The van der Waals surface area contributed by atoms with Crippen LogP contribution in [0.2, 0.25) is 0 Å². The lowest BCUT2D eigenvalue weighted by atomic mass is 10.1. The molecule has 0 aliphatic carbocycles. The zero-order valence-electron chi connectivity index (χ0n) is 18.4. The number of para-hydroxylation sites is 1. The van der Waals surface area contributed by atoms with Gasteiger partial charge >= 0.3 is 6.09 Å². The third-order valence-corrected chi connectivity index (χ3v) is 5.10. The molecular formula is C23H33N3O4. The molecule has 1 aliphatic heterocycles. The lowest BCUT2D eigenvalue weighted by molar-refractivity contribution is -0.141. The van der Waals surface area contributed by atoms with Crippen molar-refractivity contribution in [3.8, 4) is 0 Å². The van der Waals surface area contributed by atoms with Crippen LogP contribution < -0.4 is 5.32 Å². The summed E-state index contributed by atoms with van der Waals surface area (Å²) in [5.41, 5.74) is 1.69. The molecule has 2 aromatic rings. The molecule has 1 fully saturated rings. The van der Waals surface area contributed by atoms with E-state index in [1.54, 1.807) is 4.90 Å². The Labute approximate surface area is 178 Å². The predicted octanol–water partition coefficient (Wildman–Crippen LogP) is 3.63. The fourth-order valence-corrected chi connectivity index (χ4v) is 3.75. The van der Waals surface area contributed by atoms with E-state index in [1.807, 2.05) is 52.1 Å². The molecule has 7 nitrogen and oxygen atoms in total. The van der Waals surface area contributed by atoms with Crippen molar-refractivity contribution in [3.05, 3.63) is 36.0 Å². The van der Waals surface area contributed by atoms with Crippen LogP contribution in [0.15, 0.2) is 30.5 Å². The minimum Gasteiger partial charge on any atom is -0.444 e. The van der Waals surface area contributed by atoms with E-state index in [4.69, 9.17) is 9.47 Å². The molecule has 0 unspecified atom stereocenters. The van der Waals surface area contributed by atoms with Gasteiger partial charge in [-0.3, -0.25) is 4.79 Å². The number of nitrogens with zero attached hydrogens (tertiary/aromatic N) is 1. The van der Waals surface area contributed by atoms with Gasteiger partial charge < -0.3 is 24.7 Å². The lowest BCUT2D eigenvalue weighted by Gasteiger charge is -2.29. The summed E-state index contributed by atoms with van der Waals surface area (Å²) in [5, 5.41) is 4.00. The van der Waals surface area contributed by atoms with Gasteiger partial charge in [-0.2, -0.15) is 0 Å². The Balaban J connectivity index is 1.65. The third-order valence-electron chi connectivity index (χ3n) is 5.10. The summed E-state index contributed by atoms with van der Waals surface area (Å²) < 4.78 is 11.0. The summed E-state index contributed by atoms with van der Waals surface area (Å²) in [5.74, 6) is -0.00909. The highest BCUT2D eigenvalue weighted by Crippen LogP contribution is 2.20. The van der Waals surface area contributed by atoms with E-state index in [0.717, 1.165) is 24.8 Å². The third kappa shape index (κ3) is 5.98. The second-order valence-electron chi connectivity index (χ2n) is 8.94. The normalized spacial score (nSPS) is 17.7. The standard InChI is InChI=1S/C23H33N3O4/c1-16(25-22(28)30-23(2,3)4)15-26(21(27)20-10-7-13-29-20)12-11-17-14-24-19-9-6-5-8-18(17)19/h5-6,8-9,14,16,20,24H,7,10-13,15H2,1-4H3,(H,25,28)/t16-,20-/m1/s1. The lowest BCUT2D eigenvalue weighted by Crippen LogP contribution is -2.48. The van der Waals surface area contributed by atoms with Gasteiger partial charge in [-0.05, 0) is 58.6 Å². The first-order chi connectivity index (χ1) is 14.2. The summed E-state index contributed by atoms with van der Waals surface area (Å²) in [6.45, 7) is 8.94. The van der Waals surface area contributed by atoms with Crippen molar-refractivity contribution in [2.45, 2.75) is 64.7 Å². The maximum Gasteiger partial charge on any atom is 0.407 e. The van der Waals surface area contributed by atoms with Crippen LogP contribution in [-0.4, -0.2) is 59.3 Å². The Kier molecular flexibility index (Phi) is 7.02. The van der Waals surface area contributed by atoms with Crippen molar-refractivity contribution >= 4 is 22.9 Å². The molecule has 2 amide bonds. The van der Waals surface area contributed by atoms with Gasteiger partial charge in [0.2, 0.25) is 0 Å². The zero-order chi connectivity index (χ0) is 21.7. The molecule has 3 rings (SSSR count). The van der Waals surface area contributed by atoms with Gasteiger partial charge in [0, 0.05) is 42.8 Å². The van der Waals surface area contributed by atoms with E-state index in [-0.39, 0.29) is 18.1 Å². The van der Waals surface area contributed by atoms with Gasteiger partial charge in [0.15, 0.2) is 0 Å². The number of aromatic nitrogens is 1. The fourth-order valence-electron chi connectivity index (χ4n) is 3.75. The summed E-state index contributed by atoms with van der Waals surface area (Å²) >= 11 is 0. The average Bonchev–Trinajstić information content (AvgIpc) is 3.33. The quantitative estimate of drug-likeness (QED) is 0.723. The minimum atomic E-state index is -0.563. The molecule has 2 heterocycles. The highest BCUT2D eigenvalue weighted by atomic mass is 16.6. The minimum absolute atomic E-state index is 0.00909. The number of ether oxygens (including phenoxy) is 2. The van der Waals surface area contributed by atoms with Gasteiger partial charge in [-0.15, -0.1) is 0 Å². The van der Waals surface area contributed by atoms with E-state index in [9.17, 15) is 9.59 Å². The first-order valence-corrected chi connectivity index (χ1v) is 10.7. The molecule has 1 aliphatic rings. The van der Waals surface area contributed by atoms with Gasteiger partial charge in [-0.25, -0.2) is 4.79 Å². The molecule has 30 heavy (non-hydrogen) atoms. The Morgan fingerprint density at radius 2 is 2.10 bits per heavy atom. The summed E-state index contributed by atoms with van der Waals surface area (Å²) in [4.78, 5) is 30.3. The number of amides is 2. The number of aromatic amines is 1. The second kappa shape index (κ2) is 9.51. The van der Waals surface area contributed by atoms with Gasteiger partial charge in [0.1, 0.15) is 11.7 Å². The molecule has 0 saturated carbocycles. The van der Waals surface area contributed by atoms with Gasteiger partial charge in [-0.1, -0.05) is 18.2 Å². The van der Waals surface area contributed by atoms with E-state index in [2.05, 4.69) is 16.4 Å². The summed E-state index contributed by atoms with van der Waals surface area (Å²) in [6, 6.07) is 7.90. The topological polar surface area (TPSA) is 83.7 Å². The smallest absolute Gasteiger partial charge is 0.407 e. The highest BCUT2D eigenvalue weighted by molar-refractivity contribution is 5.83. The van der Waals surface area contributed by atoms with E-state index >= 15 is 0 Å². The van der Waals surface area contributed by atoms with E-state index in [1.165, 1.54) is 10.9 Å². The Morgan fingerprint density at radius 3 is 2.80 bits per heavy atom. The van der Waals surface area contributed by atoms with Gasteiger partial charge in [0.25, 0.3) is 5.91 Å². The van der Waals surface area contributed by atoms with Crippen LogP contribution >= 0.6 is 0 Å². The Hall–Kier alpha value is -2.54. The molecule has 0 bridgehead atoms. The maximum atomic E-state index is 13.1. The number of hydrogen-bond acceptors (Lipinski definition) is 4. The number of hydrogen-bond donors (Lipinski definition) is 2. The largest absolute Gasteiger partial charge is 0.444 e. The maximum absolute atomic E-state index is 13.1. The van der Waals surface area contributed by atoms with E-state index < -0.39 is 11.7 Å². The summed E-state index contributed by atoms with van der Waals surface area (Å²) in [6.07, 6.45) is 3.51. The van der Waals surface area contributed by atoms with E-state index in [0.29, 0.717) is 19.7 Å². The van der Waals surface area contributed by atoms with Crippen LogP contribution in [0.3, 0.4) is 0 Å². The number of nitrogens with one attached hydrogen (secondary N) is 2. The zero-order valence-corrected chi connectivity index (χ0v) is 18.4. The number of alkyl carbamates (subject to hydrolysis) is 1. The molecule has 164 valence electrons. The van der Waals surface area contributed by atoms with Gasteiger partial charge in [0.05, 0.1) is 0 Å². The number of fused-ring (bicyclic) bond motifs is 1. The first kappa shape index (κ1) is 22.2. The number of carbonyl (C=O) groups is 2.